The normalized spacial score (nSPS) is 12.6. The third kappa shape index (κ3) is 7.98. The molecule has 146 valence electrons. The molecule has 0 bridgehead atoms. The summed E-state index contributed by atoms with van der Waals surface area (Å²) in [5.74, 6) is 0. The Hall–Kier alpha value is -2.10. The first-order valence-corrected chi connectivity index (χ1v) is 12.0. The van der Waals surface area contributed by atoms with E-state index >= 15 is 0 Å². The number of hydrogen-bond donors (Lipinski definition) is 2. The van der Waals surface area contributed by atoms with Crippen LogP contribution in [0.25, 0.3) is 0 Å². The van der Waals surface area contributed by atoms with E-state index in [0.29, 0.717) is 35.1 Å². The van der Waals surface area contributed by atoms with Crippen molar-refractivity contribution in [3.63, 3.8) is 0 Å². The standard InChI is InChI=1S/C17H20ClN3O4S2/c1-26(22,23)20-15-7-3-13(4-8-15)11-12-19-17(18)14-5-9-16(10-6-14)21-27(2,24)25/h3-10,20-21H,11-12H2,1-2H3. The van der Waals surface area contributed by atoms with Crippen molar-refractivity contribution in [3.8, 4) is 0 Å². The molecule has 10 heteroatoms. The maximum atomic E-state index is 11.2. The third-order valence-electron chi connectivity index (χ3n) is 3.33. The fraction of sp³-hybridized carbons (Fsp3) is 0.235. The molecule has 0 aliphatic rings. The van der Waals surface area contributed by atoms with E-state index in [2.05, 4.69) is 14.4 Å². The van der Waals surface area contributed by atoms with Crippen LogP contribution in [0.4, 0.5) is 11.4 Å². The molecule has 7 nitrogen and oxygen atoms in total. The molecule has 0 atom stereocenters. The molecule has 0 amide bonds. The number of rotatable bonds is 8. The first kappa shape index (κ1) is 21.2. The van der Waals surface area contributed by atoms with Crippen LogP contribution in [-0.2, 0) is 26.5 Å². The van der Waals surface area contributed by atoms with E-state index in [0.717, 1.165) is 18.1 Å². The fourth-order valence-corrected chi connectivity index (χ4v) is 3.56. The van der Waals surface area contributed by atoms with Gasteiger partial charge in [0, 0.05) is 23.5 Å². The van der Waals surface area contributed by atoms with Crippen molar-refractivity contribution in [1.82, 2.24) is 0 Å². The molecule has 0 saturated heterocycles. The molecule has 0 aliphatic heterocycles. The maximum Gasteiger partial charge on any atom is 0.229 e. The summed E-state index contributed by atoms with van der Waals surface area (Å²) in [7, 11) is -6.61. The van der Waals surface area contributed by atoms with E-state index in [-0.39, 0.29) is 0 Å². The van der Waals surface area contributed by atoms with E-state index in [4.69, 9.17) is 11.6 Å². The SMILES string of the molecule is CS(=O)(=O)Nc1ccc(CCN=C(Cl)c2ccc(NS(C)(=O)=O)cc2)cc1. The van der Waals surface area contributed by atoms with Gasteiger partial charge in [-0.1, -0.05) is 23.7 Å². The van der Waals surface area contributed by atoms with Gasteiger partial charge in [0.15, 0.2) is 0 Å². The number of benzene rings is 2. The topological polar surface area (TPSA) is 105 Å². The Morgan fingerprint density at radius 2 is 1.30 bits per heavy atom. The molecule has 0 radical (unpaired) electrons. The molecule has 0 fully saturated rings. The van der Waals surface area contributed by atoms with Gasteiger partial charge in [-0.05, 0) is 48.4 Å². The summed E-state index contributed by atoms with van der Waals surface area (Å²) in [6, 6.07) is 13.6. The monoisotopic (exact) mass is 429 g/mol. The van der Waals surface area contributed by atoms with Crippen LogP contribution in [0.1, 0.15) is 11.1 Å². The second-order valence-corrected chi connectivity index (χ2v) is 9.80. The lowest BCUT2D eigenvalue weighted by Crippen LogP contribution is -2.09. The van der Waals surface area contributed by atoms with E-state index in [1.165, 1.54) is 0 Å². The van der Waals surface area contributed by atoms with Gasteiger partial charge in [-0.15, -0.1) is 0 Å². The third-order valence-corrected chi connectivity index (χ3v) is 4.89. The predicted molar refractivity (Wildman–Crippen MR) is 111 cm³/mol. The number of hydrogen-bond acceptors (Lipinski definition) is 5. The summed E-state index contributed by atoms with van der Waals surface area (Å²) in [4.78, 5) is 4.31. The summed E-state index contributed by atoms with van der Waals surface area (Å²) >= 11 is 6.19. The van der Waals surface area contributed by atoms with E-state index in [9.17, 15) is 16.8 Å². The highest BCUT2D eigenvalue weighted by atomic mass is 35.5. The predicted octanol–water partition coefficient (Wildman–Crippen LogP) is 2.66. The van der Waals surface area contributed by atoms with Crippen molar-refractivity contribution >= 4 is 48.2 Å². The number of anilines is 2. The molecule has 0 aromatic heterocycles. The van der Waals surface area contributed by atoms with Crippen molar-refractivity contribution in [2.75, 3.05) is 28.5 Å². The van der Waals surface area contributed by atoms with Gasteiger partial charge in [-0.25, -0.2) is 16.8 Å². The van der Waals surface area contributed by atoms with Crippen LogP contribution >= 0.6 is 11.6 Å². The molecule has 0 heterocycles. The minimum absolute atomic E-state index is 0.330. The van der Waals surface area contributed by atoms with Crippen molar-refractivity contribution < 1.29 is 16.8 Å². The molecule has 0 saturated carbocycles. The summed E-state index contributed by atoms with van der Waals surface area (Å²) < 4.78 is 49.5. The zero-order valence-corrected chi connectivity index (χ0v) is 17.2. The molecule has 0 unspecified atom stereocenters. The van der Waals surface area contributed by atoms with Gasteiger partial charge in [0.1, 0.15) is 5.17 Å². The molecule has 2 aromatic rings. The molecule has 27 heavy (non-hydrogen) atoms. The number of halogens is 1. The quantitative estimate of drug-likeness (QED) is 0.629. The van der Waals surface area contributed by atoms with Gasteiger partial charge < -0.3 is 0 Å². The Morgan fingerprint density at radius 3 is 1.74 bits per heavy atom. The Morgan fingerprint density at radius 1 is 0.852 bits per heavy atom. The summed E-state index contributed by atoms with van der Waals surface area (Å²) in [5, 5.41) is 0.330. The minimum atomic E-state index is -3.32. The highest BCUT2D eigenvalue weighted by Gasteiger charge is 2.04. The highest BCUT2D eigenvalue weighted by Crippen LogP contribution is 2.14. The Labute approximate surface area is 164 Å². The second-order valence-electron chi connectivity index (χ2n) is 5.95. The van der Waals surface area contributed by atoms with Crippen LogP contribution in [-0.4, -0.2) is 41.1 Å². The lowest BCUT2D eigenvalue weighted by Gasteiger charge is -2.06. The Balaban J connectivity index is 1.93. The fourth-order valence-electron chi connectivity index (χ4n) is 2.22. The lowest BCUT2D eigenvalue weighted by atomic mass is 10.1. The van der Waals surface area contributed by atoms with Crippen LogP contribution in [0, 0.1) is 0 Å². The van der Waals surface area contributed by atoms with E-state index in [1.807, 2.05) is 12.1 Å². The molecular formula is C17H20ClN3O4S2. The van der Waals surface area contributed by atoms with E-state index in [1.54, 1.807) is 36.4 Å². The molecular weight excluding hydrogens is 410 g/mol. The van der Waals surface area contributed by atoms with Gasteiger partial charge in [-0.3, -0.25) is 14.4 Å². The molecule has 2 N–H and O–H groups in total. The second kappa shape index (κ2) is 8.73. The average molecular weight is 430 g/mol. The minimum Gasteiger partial charge on any atom is -0.284 e. The van der Waals surface area contributed by atoms with Crippen molar-refractivity contribution in [2.45, 2.75) is 6.42 Å². The average Bonchev–Trinajstić information content (AvgIpc) is 2.54. The van der Waals surface area contributed by atoms with Crippen LogP contribution in [0.15, 0.2) is 53.5 Å². The summed E-state index contributed by atoms with van der Waals surface area (Å²) in [5.41, 5.74) is 2.64. The first-order valence-electron chi connectivity index (χ1n) is 7.87. The number of sulfonamides is 2. The molecule has 2 aromatic carbocycles. The van der Waals surface area contributed by atoms with E-state index < -0.39 is 20.0 Å². The highest BCUT2D eigenvalue weighted by molar-refractivity contribution is 7.92. The summed E-state index contributed by atoms with van der Waals surface area (Å²) in [6.07, 6.45) is 2.82. The Kier molecular flexibility index (Phi) is 6.85. The zero-order chi connectivity index (χ0) is 20.1. The van der Waals surface area contributed by atoms with Gasteiger partial charge in [0.2, 0.25) is 20.0 Å². The van der Waals surface area contributed by atoms with Gasteiger partial charge >= 0.3 is 0 Å². The Bertz CT molecular complexity index is 1020. The number of nitrogens with zero attached hydrogens (tertiary/aromatic N) is 1. The zero-order valence-electron chi connectivity index (χ0n) is 14.8. The van der Waals surface area contributed by atoms with Crippen molar-refractivity contribution in [2.24, 2.45) is 4.99 Å². The van der Waals surface area contributed by atoms with Gasteiger partial charge in [-0.2, -0.15) is 0 Å². The van der Waals surface area contributed by atoms with Crippen molar-refractivity contribution in [3.05, 3.63) is 59.7 Å². The number of aliphatic imine (C=N–C) groups is 1. The van der Waals surface area contributed by atoms with Crippen LogP contribution < -0.4 is 9.44 Å². The summed E-state index contributed by atoms with van der Waals surface area (Å²) in [6.45, 7) is 0.459. The molecule has 0 spiro atoms. The molecule has 0 aliphatic carbocycles. The lowest BCUT2D eigenvalue weighted by molar-refractivity contribution is 0.605. The first-order chi connectivity index (χ1) is 12.5. The van der Waals surface area contributed by atoms with Crippen molar-refractivity contribution in [1.29, 1.82) is 0 Å². The van der Waals surface area contributed by atoms with Gasteiger partial charge in [0.05, 0.1) is 12.5 Å². The van der Waals surface area contributed by atoms with Crippen LogP contribution in [0.5, 0.6) is 0 Å². The number of nitrogens with one attached hydrogen (secondary N) is 2. The van der Waals surface area contributed by atoms with Gasteiger partial charge in [0.25, 0.3) is 0 Å². The molecule has 2 rings (SSSR count). The smallest absolute Gasteiger partial charge is 0.229 e. The largest absolute Gasteiger partial charge is 0.284 e. The van der Waals surface area contributed by atoms with Crippen LogP contribution in [0.2, 0.25) is 0 Å². The maximum absolute atomic E-state index is 11.2. The van der Waals surface area contributed by atoms with Crippen LogP contribution in [0.3, 0.4) is 0 Å².